The molecule has 0 aliphatic carbocycles. The molecule has 3 rings (SSSR count). The number of hydrogen-bond acceptors (Lipinski definition) is 7. The van der Waals surface area contributed by atoms with Crippen LogP contribution in [0.2, 0.25) is 0 Å². The van der Waals surface area contributed by atoms with Crippen LogP contribution < -0.4 is 10.2 Å². The summed E-state index contributed by atoms with van der Waals surface area (Å²) in [5.74, 6) is 1.05. The van der Waals surface area contributed by atoms with E-state index in [4.69, 9.17) is 0 Å². The molecule has 0 amide bonds. The number of nitrogens with zero attached hydrogens (tertiary/aromatic N) is 4. The zero-order valence-corrected chi connectivity index (χ0v) is 15.4. The van der Waals surface area contributed by atoms with Crippen LogP contribution in [0, 0.1) is 5.82 Å². The monoisotopic (exact) mass is 379 g/mol. The second kappa shape index (κ2) is 7.94. The largest absolute Gasteiger partial charge is 0.353 e. The molecule has 0 spiro atoms. The lowest BCUT2D eigenvalue weighted by atomic mass is 10.1. The van der Waals surface area contributed by atoms with Crippen molar-refractivity contribution in [3.63, 3.8) is 0 Å². The Balaban J connectivity index is 1.64. The highest BCUT2D eigenvalue weighted by Crippen LogP contribution is 2.22. The number of hydrogen-bond donors (Lipinski definition) is 1. The Bertz CT molecular complexity index is 862. The quantitative estimate of drug-likeness (QED) is 0.783. The third kappa shape index (κ3) is 4.46. The van der Waals surface area contributed by atoms with Gasteiger partial charge in [-0.2, -0.15) is 10.1 Å². The summed E-state index contributed by atoms with van der Waals surface area (Å²) < 4.78 is 37.1. The summed E-state index contributed by atoms with van der Waals surface area (Å²) in [6.07, 6.45) is 2.63. The first kappa shape index (κ1) is 18.5. The Morgan fingerprint density at radius 1 is 1.35 bits per heavy atom. The topological polar surface area (TPSA) is 88.1 Å². The average Bonchev–Trinajstić information content (AvgIpc) is 2.97. The van der Waals surface area contributed by atoms with Crippen molar-refractivity contribution in [1.29, 1.82) is 0 Å². The number of halogens is 1. The Morgan fingerprint density at radius 3 is 2.85 bits per heavy atom. The maximum Gasteiger partial charge on any atom is 0.244 e. The molecule has 1 aliphatic heterocycles. The Labute approximate surface area is 152 Å². The van der Waals surface area contributed by atoms with Crippen LogP contribution in [0.15, 0.2) is 30.5 Å². The molecular weight excluding hydrogens is 357 g/mol. The van der Waals surface area contributed by atoms with Crippen molar-refractivity contribution in [3.05, 3.63) is 41.8 Å². The minimum absolute atomic E-state index is 0.0898. The summed E-state index contributed by atoms with van der Waals surface area (Å²) in [4.78, 5) is 6.39. The van der Waals surface area contributed by atoms with Gasteiger partial charge in [0, 0.05) is 19.1 Å². The molecule has 1 aromatic heterocycles. The second-order valence-electron chi connectivity index (χ2n) is 6.25. The van der Waals surface area contributed by atoms with E-state index in [0.29, 0.717) is 43.3 Å². The Hall–Kier alpha value is -2.29. The molecule has 0 radical (unpaired) electrons. The maximum absolute atomic E-state index is 13.6. The van der Waals surface area contributed by atoms with E-state index >= 15 is 0 Å². The van der Waals surface area contributed by atoms with E-state index in [-0.39, 0.29) is 23.4 Å². The summed E-state index contributed by atoms with van der Waals surface area (Å²) in [7, 11) is -2.97. The van der Waals surface area contributed by atoms with Crippen molar-refractivity contribution < 1.29 is 12.8 Å². The van der Waals surface area contributed by atoms with Gasteiger partial charge in [-0.15, -0.1) is 5.10 Å². The molecule has 1 N–H and O–H groups in total. The highest BCUT2D eigenvalue weighted by molar-refractivity contribution is 7.91. The van der Waals surface area contributed by atoms with E-state index < -0.39 is 9.84 Å². The van der Waals surface area contributed by atoms with E-state index in [9.17, 15) is 12.8 Å². The van der Waals surface area contributed by atoms with Crippen LogP contribution in [0.4, 0.5) is 16.2 Å². The summed E-state index contributed by atoms with van der Waals surface area (Å²) in [5, 5.41) is 11.0. The van der Waals surface area contributed by atoms with Crippen LogP contribution in [0.1, 0.15) is 18.9 Å². The number of nitrogens with one attached hydrogen (secondary N) is 1. The van der Waals surface area contributed by atoms with Crippen molar-refractivity contribution in [3.8, 4) is 0 Å². The SMILES string of the molecule is CCN(c1cnnc(NCCc2ccccc2F)n1)C1CCS(=O)(=O)C1. The van der Waals surface area contributed by atoms with Crippen molar-refractivity contribution in [2.75, 3.05) is 34.8 Å². The van der Waals surface area contributed by atoms with Crippen LogP contribution in [-0.2, 0) is 16.3 Å². The molecule has 0 saturated carbocycles. The van der Waals surface area contributed by atoms with E-state index in [0.717, 1.165) is 0 Å². The van der Waals surface area contributed by atoms with Gasteiger partial charge < -0.3 is 10.2 Å². The highest BCUT2D eigenvalue weighted by Gasteiger charge is 2.32. The summed E-state index contributed by atoms with van der Waals surface area (Å²) >= 11 is 0. The smallest absolute Gasteiger partial charge is 0.244 e. The molecule has 0 bridgehead atoms. The van der Waals surface area contributed by atoms with Crippen molar-refractivity contribution >= 4 is 21.6 Å². The summed E-state index contributed by atoms with van der Waals surface area (Å²) in [5.41, 5.74) is 0.621. The van der Waals surface area contributed by atoms with Gasteiger partial charge in [-0.3, -0.25) is 0 Å². The van der Waals surface area contributed by atoms with E-state index in [1.54, 1.807) is 18.2 Å². The van der Waals surface area contributed by atoms with Gasteiger partial charge in [0.25, 0.3) is 0 Å². The van der Waals surface area contributed by atoms with E-state index in [1.165, 1.54) is 12.3 Å². The molecule has 1 unspecified atom stereocenters. The molecule has 1 saturated heterocycles. The molecule has 140 valence electrons. The van der Waals surface area contributed by atoms with Gasteiger partial charge in [0.1, 0.15) is 5.82 Å². The first-order chi connectivity index (χ1) is 12.5. The van der Waals surface area contributed by atoms with Crippen molar-refractivity contribution in [2.45, 2.75) is 25.8 Å². The minimum atomic E-state index is -2.97. The van der Waals surface area contributed by atoms with Crippen LogP contribution >= 0.6 is 0 Å². The Morgan fingerprint density at radius 2 is 2.15 bits per heavy atom. The fraction of sp³-hybridized carbons (Fsp3) is 0.471. The molecule has 1 aliphatic rings. The van der Waals surface area contributed by atoms with E-state index in [2.05, 4.69) is 20.5 Å². The van der Waals surface area contributed by atoms with Crippen LogP contribution in [-0.4, -0.2) is 54.2 Å². The minimum Gasteiger partial charge on any atom is -0.353 e. The predicted octanol–water partition coefficient (Wildman–Crippen LogP) is 1.68. The number of anilines is 2. The molecule has 1 aromatic carbocycles. The molecule has 2 aromatic rings. The summed E-state index contributed by atoms with van der Waals surface area (Å²) in [6.45, 7) is 3.06. The zero-order valence-electron chi connectivity index (χ0n) is 14.6. The number of aromatic nitrogens is 3. The number of benzene rings is 1. The average molecular weight is 379 g/mol. The van der Waals surface area contributed by atoms with Crippen LogP contribution in [0.3, 0.4) is 0 Å². The van der Waals surface area contributed by atoms with Gasteiger partial charge in [0.05, 0.1) is 17.7 Å². The van der Waals surface area contributed by atoms with Gasteiger partial charge in [0.2, 0.25) is 5.95 Å². The van der Waals surface area contributed by atoms with Gasteiger partial charge in [-0.25, -0.2) is 12.8 Å². The first-order valence-corrected chi connectivity index (χ1v) is 10.4. The normalized spacial score (nSPS) is 18.6. The fourth-order valence-corrected chi connectivity index (χ4v) is 4.88. The first-order valence-electron chi connectivity index (χ1n) is 8.62. The Kier molecular flexibility index (Phi) is 5.65. The zero-order chi connectivity index (χ0) is 18.6. The lowest BCUT2D eigenvalue weighted by Crippen LogP contribution is -2.37. The van der Waals surface area contributed by atoms with E-state index in [1.807, 2.05) is 11.8 Å². The lowest BCUT2D eigenvalue weighted by Gasteiger charge is -2.27. The number of rotatable bonds is 7. The third-order valence-corrected chi connectivity index (χ3v) is 6.22. The third-order valence-electron chi connectivity index (χ3n) is 4.47. The highest BCUT2D eigenvalue weighted by atomic mass is 32.2. The van der Waals surface area contributed by atoms with Gasteiger partial charge in [0.15, 0.2) is 15.7 Å². The van der Waals surface area contributed by atoms with Crippen LogP contribution in [0.5, 0.6) is 0 Å². The predicted molar refractivity (Wildman–Crippen MR) is 98.5 cm³/mol. The maximum atomic E-state index is 13.6. The van der Waals surface area contributed by atoms with Crippen molar-refractivity contribution in [1.82, 2.24) is 15.2 Å². The summed E-state index contributed by atoms with van der Waals surface area (Å²) in [6, 6.07) is 6.54. The fourth-order valence-electron chi connectivity index (χ4n) is 3.15. The van der Waals surface area contributed by atoms with Gasteiger partial charge in [-0.1, -0.05) is 18.2 Å². The molecule has 7 nitrogen and oxygen atoms in total. The number of sulfone groups is 1. The van der Waals surface area contributed by atoms with Crippen molar-refractivity contribution in [2.24, 2.45) is 0 Å². The molecule has 26 heavy (non-hydrogen) atoms. The standard InChI is InChI=1S/C17H22FN5O2S/c1-2-23(14-8-10-26(24,25)12-14)16-11-20-22-17(21-16)19-9-7-13-5-3-4-6-15(13)18/h3-6,11,14H,2,7-10,12H2,1H3,(H,19,21,22). The second-order valence-corrected chi connectivity index (χ2v) is 8.48. The van der Waals surface area contributed by atoms with Gasteiger partial charge in [-0.05, 0) is 31.4 Å². The molecule has 2 heterocycles. The molecule has 1 fully saturated rings. The molecular formula is C17H22FN5O2S. The molecule has 1 atom stereocenters. The van der Waals surface area contributed by atoms with Crippen LogP contribution in [0.25, 0.3) is 0 Å². The van der Waals surface area contributed by atoms with Gasteiger partial charge >= 0.3 is 0 Å². The molecule has 9 heteroatoms. The lowest BCUT2D eigenvalue weighted by molar-refractivity contribution is 0.599.